The van der Waals surface area contributed by atoms with E-state index in [1.54, 1.807) is 6.07 Å². The van der Waals surface area contributed by atoms with Crippen molar-refractivity contribution in [2.75, 3.05) is 0 Å². The van der Waals surface area contributed by atoms with Gasteiger partial charge in [0.25, 0.3) is 0 Å². The summed E-state index contributed by atoms with van der Waals surface area (Å²) < 4.78 is 13.7. The summed E-state index contributed by atoms with van der Waals surface area (Å²) in [6.07, 6.45) is 0. The van der Waals surface area contributed by atoms with Crippen molar-refractivity contribution >= 4 is 0 Å². The Morgan fingerprint density at radius 2 is 1.68 bits per heavy atom. The normalized spacial score (nSPS) is 14.1. The Morgan fingerprint density at radius 1 is 0.947 bits per heavy atom. The molecule has 0 aliphatic carbocycles. The average molecular weight is 257 g/mol. The Hall–Kier alpha value is -1.67. The fourth-order valence-corrected chi connectivity index (χ4v) is 2.33. The van der Waals surface area contributed by atoms with Crippen molar-refractivity contribution in [2.24, 2.45) is 0 Å². The third-order valence-electron chi connectivity index (χ3n) is 3.41. The van der Waals surface area contributed by atoms with Gasteiger partial charge in [-0.1, -0.05) is 48.0 Å². The highest BCUT2D eigenvalue weighted by Gasteiger charge is 2.13. The molecule has 1 unspecified atom stereocenters. The van der Waals surface area contributed by atoms with E-state index in [0.717, 1.165) is 0 Å². The summed E-state index contributed by atoms with van der Waals surface area (Å²) in [6, 6.07) is 15.5. The van der Waals surface area contributed by atoms with E-state index in [2.05, 4.69) is 43.4 Å². The van der Waals surface area contributed by atoms with Gasteiger partial charge in [-0.3, -0.25) is 0 Å². The maximum atomic E-state index is 13.7. The Balaban J connectivity index is 2.11. The van der Waals surface area contributed by atoms with Crippen LogP contribution in [0.15, 0.2) is 48.5 Å². The quantitative estimate of drug-likeness (QED) is 0.847. The molecule has 2 aromatic carbocycles. The van der Waals surface area contributed by atoms with Crippen LogP contribution in [0.4, 0.5) is 4.39 Å². The standard InChI is InChI=1S/C17H20FN/c1-12-7-6-8-15(11-12)13(2)19-14(3)16-9-4-5-10-17(16)18/h4-11,13-14,19H,1-3H3/t13?,14-/m1/s1. The van der Waals surface area contributed by atoms with E-state index in [1.165, 1.54) is 17.2 Å². The molecular formula is C17H20FN. The molecule has 2 atom stereocenters. The van der Waals surface area contributed by atoms with Crippen LogP contribution in [0.2, 0.25) is 0 Å². The molecule has 100 valence electrons. The molecule has 0 aromatic heterocycles. The van der Waals surface area contributed by atoms with E-state index in [9.17, 15) is 4.39 Å². The zero-order valence-electron chi connectivity index (χ0n) is 11.7. The summed E-state index contributed by atoms with van der Waals surface area (Å²) in [7, 11) is 0. The van der Waals surface area contributed by atoms with E-state index >= 15 is 0 Å². The minimum absolute atomic E-state index is 0.0169. The Labute approximate surface area is 114 Å². The summed E-state index contributed by atoms with van der Waals surface area (Å²) >= 11 is 0. The highest BCUT2D eigenvalue weighted by molar-refractivity contribution is 5.26. The van der Waals surface area contributed by atoms with Crippen LogP contribution in [-0.2, 0) is 0 Å². The molecule has 2 rings (SSSR count). The topological polar surface area (TPSA) is 12.0 Å². The molecule has 0 radical (unpaired) electrons. The van der Waals surface area contributed by atoms with Crippen molar-refractivity contribution in [3.8, 4) is 0 Å². The monoisotopic (exact) mass is 257 g/mol. The van der Waals surface area contributed by atoms with Gasteiger partial charge in [-0.2, -0.15) is 0 Å². The first-order chi connectivity index (χ1) is 9.08. The highest BCUT2D eigenvalue weighted by Crippen LogP contribution is 2.21. The average Bonchev–Trinajstić information content (AvgIpc) is 2.39. The fraction of sp³-hybridized carbons (Fsp3) is 0.294. The van der Waals surface area contributed by atoms with Crippen LogP contribution in [-0.4, -0.2) is 0 Å². The van der Waals surface area contributed by atoms with Gasteiger partial charge in [0.15, 0.2) is 0 Å². The Bertz CT molecular complexity index is 550. The van der Waals surface area contributed by atoms with Gasteiger partial charge >= 0.3 is 0 Å². The maximum Gasteiger partial charge on any atom is 0.127 e. The molecule has 0 bridgehead atoms. The third-order valence-corrected chi connectivity index (χ3v) is 3.41. The molecule has 2 aromatic rings. The first-order valence-electron chi connectivity index (χ1n) is 6.65. The fourth-order valence-electron chi connectivity index (χ4n) is 2.33. The first-order valence-corrected chi connectivity index (χ1v) is 6.65. The molecule has 0 saturated heterocycles. The molecule has 1 nitrogen and oxygen atoms in total. The second-order valence-electron chi connectivity index (χ2n) is 5.05. The van der Waals surface area contributed by atoms with Crippen LogP contribution >= 0.6 is 0 Å². The highest BCUT2D eigenvalue weighted by atomic mass is 19.1. The molecule has 0 amide bonds. The predicted molar refractivity (Wildman–Crippen MR) is 77.5 cm³/mol. The number of halogens is 1. The van der Waals surface area contributed by atoms with Crippen molar-refractivity contribution in [2.45, 2.75) is 32.9 Å². The number of aryl methyl sites for hydroxylation is 1. The van der Waals surface area contributed by atoms with Crippen LogP contribution in [0, 0.1) is 12.7 Å². The third kappa shape index (κ3) is 3.42. The zero-order valence-corrected chi connectivity index (χ0v) is 11.7. The van der Waals surface area contributed by atoms with Crippen molar-refractivity contribution in [1.29, 1.82) is 0 Å². The molecule has 19 heavy (non-hydrogen) atoms. The van der Waals surface area contributed by atoms with Crippen LogP contribution < -0.4 is 5.32 Å². The van der Waals surface area contributed by atoms with Crippen molar-refractivity contribution in [1.82, 2.24) is 5.32 Å². The summed E-state index contributed by atoms with van der Waals surface area (Å²) in [6.45, 7) is 6.17. The lowest BCUT2D eigenvalue weighted by atomic mass is 10.0. The molecular weight excluding hydrogens is 237 g/mol. The van der Waals surface area contributed by atoms with Crippen LogP contribution in [0.5, 0.6) is 0 Å². The van der Waals surface area contributed by atoms with E-state index in [1.807, 2.05) is 19.1 Å². The van der Waals surface area contributed by atoms with Crippen LogP contribution in [0.3, 0.4) is 0 Å². The number of hydrogen-bond acceptors (Lipinski definition) is 1. The van der Waals surface area contributed by atoms with Gasteiger partial charge in [-0.25, -0.2) is 4.39 Å². The summed E-state index contributed by atoms with van der Waals surface area (Å²) in [5.41, 5.74) is 3.18. The first kappa shape index (κ1) is 13.8. The van der Waals surface area contributed by atoms with E-state index in [4.69, 9.17) is 0 Å². The summed E-state index contributed by atoms with van der Waals surface area (Å²) in [5.74, 6) is -0.154. The molecule has 0 heterocycles. The van der Waals surface area contributed by atoms with E-state index < -0.39 is 0 Å². The van der Waals surface area contributed by atoms with Gasteiger partial charge < -0.3 is 5.32 Å². The number of rotatable bonds is 4. The number of nitrogens with one attached hydrogen (secondary N) is 1. The molecule has 0 spiro atoms. The second kappa shape index (κ2) is 5.98. The predicted octanol–water partition coefficient (Wildman–Crippen LogP) is 4.55. The lowest BCUT2D eigenvalue weighted by Gasteiger charge is -2.21. The van der Waals surface area contributed by atoms with E-state index in [-0.39, 0.29) is 17.9 Å². The minimum atomic E-state index is -0.154. The van der Waals surface area contributed by atoms with Gasteiger partial charge in [-0.15, -0.1) is 0 Å². The van der Waals surface area contributed by atoms with Crippen molar-refractivity contribution in [3.05, 3.63) is 71.0 Å². The van der Waals surface area contributed by atoms with E-state index in [0.29, 0.717) is 5.56 Å². The van der Waals surface area contributed by atoms with Crippen molar-refractivity contribution < 1.29 is 4.39 Å². The Kier molecular flexibility index (Phi) is 4.33. The van der Waals surface area contributed by atoms with Gasteiger partial charge in [-0.05, 0) is 32.4 Å². The Morgan fingerprint density at radius 3 is 2.37 bits per heavy atom. The van der Waals surface area contributed by atoms with Crippen molar-refractivity contribution in [3.63, 3.8) is 0 Å². The summed E-state index contributed by atoms with van der Waals surface area (Å²) in [4.78, 5) is 0. The molecule has 1 N–H and O–H groups in total. The molecule has 0 aliphatic heterocycles. The second-order valence-corrected chi connectivity index (χ2v) is 5.05. The zero-order chi connectivity index (χ0) is 13.8. The lowest BCUT2D eigenvalue weighted by molar-refractivity contribution is 0.474. The molecule has 0 saturated carbocycles. The van der Waals surface area contributed by atoms with Crippen LogP contribution in [0.25, 0.3) is 0 Å². The SMILES string of the molecule is Cc1cccc(C(C)N[C@H](C)c2ccccc2F)c1. The molecule has 0 fully saturated rings. The summed E-state index contributed by atoms with van der Waals surface area (Å²) in [5, 5.41) is 3.44. The van der Waals surface area contributed by atoms with Gasteiger partial charge in [0.2, 0.25) is 0 Å². The largest absolute Gasteiger partial charge is 0.304 e. The van der Waals surface area contributed by atoms with Gasteiger partial charge in [0.1, 0.15) is 5.82 Å². The minimum Gasteiger partial charge on any atom is -0.304 e. The number of hydrogen-bond donors (Lipinski definition) is 1. The molecule has 0 aliphatic rings. The number of benzene rings is 2. The lowest BCUT2D eigenvalue weighted by Crippen LogP contribution is -2.23. The molecule has 2 heteroatoms. The van der Waals surface area contributed by atoms with Gasteiger partial charge in [0.05, 0.1) is 0 Å². The maximum absolute atomic E-state index is 13.7. The van der Waals surface area contributed by atoms with Crippen LogP contribution in [0.1, 0.15) is 42.6 Å². The van der Waals surface area contributed by atoms with Gasteiger partial charge in [0, 0.05) is 17.6 Å². The smallest absolute Gasteiger partial charge is 0.127 e.